The summed E-state index contributed by atoms with van der Waals surface area (Å²) in [6, 6.07) is 11.2. The Morgan fingerprint density at radius 1 is 1.18 bits per heavy atom. The van der Waals surface area contributed by atoms with Gasteiger partial charge in [0.05, 0.1) is 19.9 Å². The number of anilines is 1. The van der Waals surface area contributed by atoms with Crippen LogP contribution in [0.4, 0.5) is 10.5 Å². The summed E-state index contributed by atoms with van der Waals surface area (Å²) in [7, 11) is 1.33. The van der Waals surface area contributed by atoms with Gasteiger partial charge in [-0.1, -0.05) is 12.1 Å². The van der Waals surface area contributed by atoms with Gasteiger partial charge in [-0.3, -0.25) is 5.32 Å². The van der Waals surface area contributed by atoms with Crippen LogP contribution in [0.3, 0.4) is 0 Å². The molecule has 0 radical (unpaired) electrons. The Morgan fingerprint density at radius 2 is 2.00 bits per heavy atom. The first kappa shape index (κ1) is 21.3. The maximum Gasteiger partial charge on any atom is 0.411 e. The highest BCUT2D eigenvalue weighted by molar-refractivity contribution is 5.84. The number of benzene rings is 1. The predicted molar refractivity (Wildman–Crippen MR) is 108 cm³/mol. The Kier molecular flexibility index (Phi) is 9.43. The number of nitrogens with zero attached hydrogens (tertiary/aromatic N) is 1. The lowest BCUT2D eigenvalue weighted by Gasteiger charge is -2.11. The molecule has 0 aliphatic heterocycles. The number of hydrogen-bond donors (Lipinski definition) is 3. The third-order valence-corrected chi connectivity index (χ3v) is 3.73. The normalized spacial score (nSPS) is 11.1. The lowest BCUT2D eigenvalue weighted by molar-refractivity contribution is 0.105. The molecule has 0 aliphatic rings. The fraction of sp³-hybridized carbons (Fsp3) is 0.400. The number of hydrogen-bond acceptors (Lipinski definition) is 5. The number of rotatable bonds is 10. The summed E-state index contributed by atoms with van der Waals surface area (Å²) in [4.78, 5) is 15.8. The zero-order chi connectivity index (χ0) is 20.0. The number of carbonyl (C=O) groups is 1. The van der Waals surface area contributed by atoms with Crippen LogP contribution < -0.4 is 16.0 Å². The van der Waals surface area contributed by atoms with Crippen LogP contribution in [0.2, 0.25) is 0 Å². The molecule has 0 aliphatic carbocycles. The summed E-state index contributed by atoms with van der Waals surface area (Å²) in [5.41, 5.74) is 1.72. The van der Waals surface area contributed by atoms with Crippen molar-refractivity contribution in [3.05, 3.63) is 54.0 Å². The number of aliphatic imine (C=N–C) groups is 1. The highest BCUT2D eigenvalue weighted by Gasteiger charge is 2.01. The predicted octanol–water partition coefficient (Wildman–Crippen LogP) is 3.12. The van der Waals surface area contributed by atoms with E-state index in [4.69, 9.17) is 9.15 Å². The van der Waals surface area contributed by atoms with Crippen molar-refractivity contribution in [3.63, 3.8) is 0 Å². The van der Waals surface area contributed by atoms with Crippen LogP contribution in [0.1, 0.15) is 24.7 Å². The lowest BCUT2D eigenvalue weighted by atomic mass is 10.2. The van der Waals surface area contributed by atoms with Crippen molar-refractivity contribution in [1.29, 1.82) is 0 Å². The molecule has 8 heteroatoms. The monoisotopic (exact) mass is 388 g/mol. The smallest absolute Gasteiger partial charge is 0.411 e. The van der Waals surface area contributed by atoms with E-state index in [1.54, 1.807) is 6.26 Å². The largest absolute Gasteiger partial charge is 0.467 e. The maximum atomic E-state index is 11.2. The first-order valence-electron chi connectivity index (χ1n) is 9.27. The van der Waals surface area contributed by atoms with E-state index in [2.05, 4.69) is 25.7 Å². The lowest BCUT2D eigenvalue weighted by Crippen LogP contribution is -2.38. The van der Waals surface area contributed by atoms with E-state index in [0.717, 1.165) is 36.8 Å². The van der Waals surface area contributed by atoms with Crippen LogP contribution in [-0.2, 0) is 22.6 Å². The van der Waals surface area contributed by atoms with Crippen LogP contribution in [-0.4, -0.2) is 38.9 Å². The van der Waals surface area contributed by atoms with Gasteiger partial charge in [-0.25, -0.2) is 9.79 Å². The second kappa shape index (κ2) is 12.4. The molecule has 0 unspecified atom stereocenters. The molecule has 28 heavy (non-hydrogen) atoms. The van der Waals surface area contributed by atoms with Gasteiger partial charge < -0.3 is 24.5 Å². The van der Waals surface area contributed by atoms with Gasteiger partial charge in [0.1, 0.15) is 12.4 Å². The van der Waals surface area contributed by atoms with Crippen molar-refractivity contribution < 1.29 is 18.7 Å². The first-order chi connectivity index (χ1) is 13.7. The highest BCUT2D eigenvalue weighted by Crippen LogP contribution is 2.10. The third-order valence-electron chi connectivity index (χ3n) is 3.73. The van der Waals surface area contributed by atoms with Crippen molar-refractivity contribution in [2.75, 3.05) is 32.1 Å². The minimum absolute atomic E-state index is 0.488. The molecule has 1 amide bonds. The number of amides is 1. The second-order valence-electron chi connectivity index (χ2n) is 5.92. The molecule has 1 aromatic heterocycles. The highest BCUT2D eigenvalue weighted by atomic mass is 16.5. The van der Waals surface area contributed by atoms with Crippen molar-refractivity contribution in [2.24, 2.45) is 4.99 Å². The van der Waals surface area contributed by atoms with E-state index in [0.29, 0.717) is 25.4 Å². The molecule has 0 saturated carbocycles. The average molecular weight is 388 g/mol. The molecule has 0 atom stereocenters. The Bertz CT molecular complexity index is 714. The van der Waals surface area contributed by atoms with E-state index in [1.807, 2.05) is 43.3 Å². The Morgan fingerprint density at radius 3 is 2.68 bits per heavy atom. The molecule has 1 heterocycles. The van der Waals surface area contributed by atoms with Crippen LogP contribution in [0.25, 0.3) is 0 Å². The van der Waals surface area contributed by atoms with E-state index in [-0.39, 0.29) is 0 Å². The molecule has 3 N–H and O–H groups in total. The SMILES string of the molecule is CCNC(=NCc1ccc(NC(=O)OC)cc1)NCCCOCc1ccco1. The number of carbonyl (C=O) groups excluding carboxylic acids is 1. The Balaban J connectivity index is 1.71. The van der Waals surface area contributed by atoms with Gasteiger partial charge >= 0.3 is 6.09 Å². The molecule has 0 spiro atoms. The standard InChI is InChI=1S/C20H28N4O4/c1-3-21-19(22-11-5-12-27-15-18-6-4-13-28-18)23-14-16-7-9-17(10-8-16)24-20(25)26-2/h4,6-10,13H,3,5,11-12,14-15H2,1-2H3,(H,24,25)(H2,21,22,23). The van der Waals surface area contributed by atoms with E-state index >= 15 is 0 Å². The topological polar surface area (TPSA) is 97.1 Å². The zero-order valence-corrected chi connectivity index (χ0v) is 16.4. The molecule has 1 aromatic carbocycles. The minimum atomic E-state index is -0.488. The third kappa shape index (κ3) is 8.13. The molecule has 2 aromatic rings. The Hall–Kier alpha value is -3.00. The minimum Gasteiger partial charge on any atom is -0.467 e. The second-order valence-corrected chi connectivity index (χ2v) is 5.92. The van der Waals surface area contributed by atoms with E-state index in [9.17, 15) is 4.79 Å². The Labute approximate surface area is 165 Å². The molecule has 0 saturated heterocycles. The van der Waals surface area contributed by atoms with Crippen molar-refractivity contribution >= 4 is 17.7 Å². The number of nitrogens with one attached hydrogen (secondary N) is 3. The van der Waals surface area contributed by atoms with E-state index in [1.165, 1.54) is 7.11 Å². The molecule has 0 bridgehead atoms. The quantitative estimate of drug-likeness (QED) is 0.329. The fourth-order valence-electron chi connectivity index (χ4n) is 2.32. The summed E-state index contributed by atoms with van der Waals surface area (Å²) in [6.45, 7) is 5.22. The van der Waals surface area contributed by atoms with Crippen LogP contribution in [0.5, 0.6) is 0 Å². The van der Waals surface area contributed by atoms with Crippen LogP contribution in [0.15, 0.2) is 52.1 Å². The first-order valence-corrected chi connectivity index (χ1v) is 9.27. The number of ether oxygens (including phenoxy) is 2. The van der Waals surface area contributed by atoms with Gasteiger partial charge in [-0.05, 0) is 43.2 Å². The van der Waals surface area contributed by atoms with Crippen molar-refractivity contribution in [3.8, 4) is 0 Å². The molecule has 152 valence electrons. The summed E-state index contributed by atoms with van der Waals surface area (Å²) in [6.07, 6.45) is 2.01. The van der Waals surface area contributed by atoms with Crippen LogP contribution >= 0.6 is 0 Å². The molecule has 8 nitrogen and oxygen atoms in total. The van der Waals surface area contributed by atoms with Crippen LogP contribution in [0, 0.1) is 0 Å². The molecular formula is C20H28N4O4. The van der Waals surface area contributed by atoms with Gasteiger partial charge in [0.25, 0.3) is 0 Å². The maximum absolute atomic E-state index is 11.2. The zero-order valence-electron chi connectivity index (χ0n) is 16.4. The number of guanidine groups is 1. The number of methoxy groups -OCH3 is 1. The summed E-state index contributed by atoms with van der Waals surface area (Å²) < 4.78 is 15.4. The van der Waals surface area contributed by atoms with E-state index < -0.39 is 6.09 Å². The fourth-order valence-corrected chi connectivity index (χ4v) is 2.32. The van der Waals surface area contributed by atoms with Gasteiger partial charge in [-0.15, -0.1) is 0 Å². The summed E-state index contributed by atoms with van der Waals surface area (Å²) >= 11 is 0. The van der Waals surface area contributed by atoms with Crippen molar-refractivity contribution in [2.45, 2.75) is 26.5 Å². The summed E-state index contributed by atoms with van der Waals surface area (Å²) in [5.74, 6) is 1.58. The van der Waals surface area contributed by atoms with Gasteiger partial charge in [0.2, 0.25) is 0 Å². The summed E-state index contributed by atoms with van der Waals surface area (Å²) in [5, 5.41) is 9.13. The van der Waals surface area contributed by atoms with Gasteiger partial charge in [0.15, 0.2) is 5.96 Å². The molecule has 0 fully saturated rings. The average Bonchev–Trinajstić information content (AvgIpc) is 3.23. The van der Waals surface area contributed by atoms with Crippen molar-refractivity contribution in [1.82, 2.24) is 10.6 Å². The molecular weight excluding hydrogens is 360 g/mol. The van der Waals surface area contributed by atoms with Gasteiger partial charge in [-0.2, -0.15) is 0 Å². The molecule has 2 rings (SSSR count). The number of furan rings is 1. The van der Waals surface area contributed by atoms with Gasteiger partial charge in [0, 0.05) is 25.4 Å².